The van der Waals surface area contributed by atoms with E-state index < -0.39 is 0 Å². The molecule has 0 unspecified atom stereocenters. The summed E-state index contributed by atoms with van der Waals surface area (Å²) in [6, 6.07) is 15.0. The third-order valence-corrected chi connectivity index (χ3v) is 3.50. The molecule has 1 heterocycles. The molecule has 1 aliphatic rings. The number of pyridine rings is 1. The highest BCUT2D eigenvalue weighted by molar-refractivity contribution is 5.64. The van der Waals surface area contributed by atoms with Gasteiger partial charge in [0.2, 0.25) is 0 Å². The topological polar surface area (TPSA) is 42.1 Å². The Morgan fingerprint density at radius 3 is 2.58 bits per heavy atom. The number of aryl methyl sites for hydroxylation is 1. The van der Waals surface area contributed by atoms with Crippen LogP contribution in [0.2, 0.25) is 0 Å². The minimum Gasteiger partial charge on any atom is -0.396 e. The SMILES string of the molecule is Cc1ccc(N)c(N(Cc2ccccc2)C2CC2)n1. The fourth-order valence-electron chi connectivity index (χ4n) is 2.33. The van der Waals surface area contributed by atoms with Crippen LogP contribution in [0.5, 0.6) is 0 Å². The summed E-state index contributed by atoms with van der Waals surface area (Å²) in [5.41, 5.74) is 9.20. The Bertz CT molecular complexity index is 561. The maximum Gasteiger partial charge on any atom is 0.152 e. The molecule has 1 aromatic heterocycles. The van der Waals surface area contributed by atoms with Gasteiger partial charge in [-0.05, 0) is 37.5 Å². The lowest BCUT2D eigenvalue weighted by Gasteiger charge is -2.25. The molecule has 1 aromatic carbocycles. The van der Waals surface area contributed by atoms with Gasteiger partial charge >= 0.3 is 0 Å². The Labute approximate surface area is 114 Å². The number of benzene rings is 1. The molecule has 0 atom stereocenters. The van der Waals surface area contributed by atoms with Crippen molar-refractivity contribution in [3.05, 3.63) is 53.7 Å². The second kappa shape index (κ2) is 4.92. The average molecular weight is 253 g/mol. The molecule has 0 bridgehead atoms. The van der Waals surface area contributed by atoms with Crippen LogP contribution in [0.3, 0.4) is 0 Å². The van der Waals surface area contributed by atoms with Crippen molar-refractivity contribution in [2.75, 3.05) is 10.6 Å². The molecule has 0 radical (unpaired) electrons. The quantitative estimate of drug-likeness (QED) is 0.910. The van der Waals surface area contributed by atoms with E-state index in [2.05, 4.69) is 34.1 Å². The summed E-state index contributed by atoms with van der Waals surface area (Å²) in [5, 5.41) is 0. The van der Waals surface area contributed by atoms with Gasteiger partial charge < -0.3 is 10.6 Å². The average Bonchev–Trinajstić information content (AvgIpc) is 3.25. The number of hydrogen-bond donors (Lipinski definition) is 1. The molecule has 3 nitrogen and oxygen atoms in total. The minimum absolute atomic E-state index is 0.594. The van der Waals surface area contributed by atoms with Crippen molar-refractivity contribution in [1.29, 1.82) is 0 Å². The molecule has 2 N–H and O–H groups in total. The van der Waals surface area contributed by atoms with E-state index in [9.17, 15) is 0 Å². The maximum absolute atomic E-state index is 6.11. The molecule has 1 aliphatic carbocycles. The number of nitrogen functional groups attached to an aromatic ring is 1. The molecule has 0 aliphatic heterocycles. The second-order valence-electron chi connectivity index (χ2n) is 5.21. The molecular formula is C16H19N3. The van der Waals surface area contributed by atoms with Gasteiger partial charge in [-0.15, -0.1) is 0 Å². The lowest BCUT2D eigenvalue weighted by molar-refractivity contribution is 0.777. The van der Waals surface area contributed by atoms with Crippen molar-refractivity contribution >= 4 is 11.5 Å². The molecular weight excluding hydrogens is 234 g/mol. The Kier molecular flexibility index (Phi) is 3.11. The zero-order valence-corrected chi connectivity index (χ0v) is 11.2. The normalized spacial score (nSPS) is 14.4. The standard InChI is InChI=1S/C16H19N3/c1-12-7-10-15(17)16(18-12)19(14-8-9-14)11-13-5-3-2-4-6-13/h2-7,10,14H,8-9,11,17H2,1H3. The largest absolute Gasteiger partial charge is 0.396 e. The van der Waals surface area contributed by atoms with Gasteiger partial charge in [-0.3, -0.25) is 0 Å². The third kappa shape index (κ3) is 2.70. The monoisotopic (exact) mass is 253 g/mol. The minimum atomic E-state index is 0.594. The van der Waals surface area contributed by atoms with E-state index >= 15 is 0 Å². The molecule has 0 spiro atoms. The van der Waals surface area contributed by atoms with Crippen LogP contribution < -0.4 is 10.6 Å². The molecule has 3 rings (SSSR count). The van der Waals surface area contributed by atoms with E-state index in [1.54, 1.807) is 0 Å². The highest BCUT2D eigenvalue weighted by atomic mass is 15.2. The van der Waals surface area contributed by atoms with Crippen molar-refractivity contribution in [2.24, 2.45) is 0 Å². The summed E-state index contributed by atoms with van der Waals surface area (Å²) < 4.78 is 0. The second-order valence-corrected chi connectivity index (χ2v) is 5.21. The van der Waals surface area contributed by atoms with Crippen molar-refractivity contribution in [2.45, 2.75) is 32.4 Å². The highest BCUT2D eigenvalue weighted by Crippen LogP contribution is 2.34. The lowest BCUT2D eigenvalue weighted by atomic mass is 10.2. The van der Waals surface area contributed by atoms with Gasteiger partial charge in [0.15, 0.2) is 5.82 Å². The Morgan fingerprint density at radius 1 is 1.16 bits per heavy atom. The summed E-state index contributed by atoms with van der Waals surface area (Å²) in [4.78, 5) is 6.98. The van der Waals surface area contributed by atoms with Crippen LogP contribution in [0.15, 0.2) is 42.5 Å². The van der Waals surface area contributed by atoms with E-state index in [4.69, 9.17) is 5.73 Å². The molecule has 0 amide bonds. The number of nitrogens with two attached hydrogens (primary N) is 1. The Hall–Kier alpha value is -2.03. The van der Waals surface area contributed by atoms with Gasteiger partial charge in [0.1, 0.15) is 0 Å². The number of aromatic nitrogens is 1. The number of nitrogens with zero attached hydrogens (tertiary/aromatic N) is 2. The van der Waals surface area contributed by atoms with Crippen molar-refractivity contribution in [3.8, 4) is 0 Å². The van der Waals surface area contributed by atoms with Crippen molar-refractivity contribution in [1.82, 2.24) is 4.98 Å². The highest BCUT2D eigenvalue weighted by Gasteiger charge is 2.31. The summed E-state index contributed by atoms with van der Waals surface area (Å²) in [7, 11) is 0. The van der Waals surface area contributed by atoms with Crippen LogP contribution in [0, 0.1) is 6.92 Å². The van der Waals surface area contributed by atoms with Gasteiger partial charge in [0.05, 0.1) is 5.69 Å². The van der Waals surface area contributed by atoms with Gasteiger partial charge in [0.25, 0.3) is 0 Å². The maximum atomic E-state index is 6.11. The van der Waals surface area contributed by atoms with E-state index in [0.717, 1.165) is 23.7 Å². The summed E-state index contributed by atoms with van der Waals surface area (Å²) in [6.45, 7) is 2.89. The smallest absolute Gasteiger partial charge is 0.152 e. The lowest BCUT2D eigenvalue weighted by Crippen LogP contribution is -2.27. The molecule has 19 heavy (non-hydrogen) atoms. The van der Waals surface area contributed by atoms with Gasteiger partial charge in [-0.25, -0.2) is 4.98 Å². The number of anilines is 2. The zero-order valence-electron chi connectivity index (χ0n) is 11.2. The molecule has 0 saturated heterocycles. The van der Waals surface area contributed by atoms with Crippen LogP contribution in [0.4, 0.5) is 11.5 Å². The first-order valence-corrected chi connectivity index (χ1v) is 6.78. The van der Waals surface area contributed by atoms with Gasteiger partial charge in [-0.1, -0.05) is 30.3 Å². The third-order valence-electron chi connectivity index (χ3n) is 3.50. The first-order chi connectivity index (χ1) is 9.24. The Morgan fingerprint density at radius 2 is 1.89 bits per heavy atom. The molecule has 98 valence electrons. The number of hydrogen-bond acceptors (Lipinski definition) is 3. The van der Waals surface area contributed by atoms with Crippen LogP contribution in [0.25, 0.3) is 0 Å². The molecule has 2 aromatic rings. The van der Waals surface area contributed by atoms with Crippen LogP contribution in [-0.2, 0) is 6.54 Å². The van der Waals surface area contributed by atoms with E-state index in [1.165, 1.54) is 18.4 Å². The summed E-state index contributed by atoms with van der Waals surface area (Å²) >= 11 is 0. The Balaban J connectivity index is 1.91. The van der Waals surface area contributed by atoms with E-state index in [0.29, 0.717) is 6.04 Å². The van der Waals surface area contributed by atoms with Gasteiger partial charge in [0, 0.05) is 18.3 Å². The first-order valence-electron chi connectivity index (χ1n) is 6.78. The first kappa shape index (κ1) is 12.0. The van der Waals surface area contributed by atoms with Crippen LogP contribution >= 0.6 is 0 Å². The van der Waals surface area contributed by atoms with E-state index in [-0.39, 0.29) is 0 Å². The fourth-order valence-corrected chi connectivity index (χ4v) is 2.33. The van der Waals surface area contributed by atoms with Crippen LogP contribution in [-0.4, -0.2) is 11.0 Å². The predicted octanol–water partition coefficient (Wildman–Crippen LogP) is 3.14. The number of rotatable bonds is 4. The van der Waals surface area contributed by atoms with Crippen molar-refractivity contribution in [3.63, 3.8) is 0 Å². The summed E-state index contributed by atoms with van der Waals surface area (Å²) in [6.07, 6.45) is 2.48. The predicted molar refractivity (Wildman–Crippen MR) is 79.0 cm³/mol. The summed E-state index contributed by atoms with van der Waals surface area (Å²) in [5.74, 6) is 0.936. The van der Waals surface area contributed by atoms with Crippen LogP contribution in [0.1, 0.15) is 24.1 Å². The van der Waals surface area contributed by atoms with Crippen molar-refractivity contribution < 1.29 is 0 Å². The van der Waals surface area contributed by atoms with E-state index in [1.807, 2.05) is 25.1 Å². The molecule has 1 saturated carbocycles. The fraction of sp³-hybridized carbons (Fsp3) is 0.312. The zero-order chi connectivity index (χ0) is 13.2. The molecule has 3 heteroatoms. The molecule has 1 fully saturated rings. The van der Waals surface area contributed by atoms with Gasteiger partial charge in [-0.2, -0.15) is 0 Å².